The number of hydrogen-bond donors (Lipinski definition) is 1. The van der Waals surface area contributed by atoms with Gasteiger partial charge in [-0.2, -0.15) is 0 Å². The average molecular weight is 417 g/mol. The molecule has 21 heavy (non-hydrogen) atoms. The van der Waals surface area contributed by atoms with Gasteiger partial charge in [-0.25, -0.2) is 4.79 Å². The number of methoxy groups -OCH3 is 1. The molecule has 0 radical (unpaired) electrons. The summed E-state index contributed by atoms with van der Waals surface area (Å²) in [5.41, 5.74) is 1.19. The van der Waals surface area contributed by atoms with Crippen LogP contribution >= 0.6 is 31.9 Å². The highest BCUT2D eigenvalue weighted by Crippen LogP contribution is 2.32. The molecule has 0 fully saturated rings. The molecule has 6 heteroatoms. The van der Waals surface area contributed by atoms with Gasteiger partial charge < -0.3 is 14.5 Å². The Bertz CT molecular complexity index is 626. The number of esters is 1. The molecule has 1 aromatic heterocycles. The van der Waals surface area contributed by atoms with E-state index in [-0.39, 0.29) is 12.0 Å². The van der Waals surface area contributed by atoms with Crippen LogP contribution in [0.4, 0.5) is 5.69 Å². The average Bonchev–Trinajstić information content (AvgIpc) is 2.93. The lowest BCUT2D eigenvalue weighted by molar-refractivity contribution is 0.0601. The molecule has 2 rings (SSSR count). The lowest BCUT2D eigenvalue weighted by Gasteiger charge is -2.18. The summed E-state index contributed by atoms with van der Waals surface area (Å²) >= 11 is 6.86. The molecule has 1 N–H and O–H groups in total. The van der Waals surface area contributed by atoms with Gasteiger partial charge >= 0.3 is 5.97 Å². The van der Waals surface area contributed by atoms with Crippen molar-refractivity contribution in [2.24, 2.45) is 0 Å². The minimum atomic E-state index is -0.385. The normalized spacial score (nSPS) is 12.0. The van der Waals surface area contributed by atoms with Crippen LogP contribution in [0.3, 0.4) is 0 Å². The zero-order chi connectivity index (χ0) is 15.4. The summed E-state index contributed by atoms with van der Waals surface area (Å²) < 4.78 is 11.8. The molecule has 1 aromatic carbocycles. The Morgan fingerprint density at radius 3 is 2.81 bits per heavy atom. The summed E-state index contributed by atoms with van der Waals surface area (Å²) in [6.45, 7) is 2.03. The van der Waals surface area contributed by atoms with Crippen LogP contribution in [0.25, 0.3) is 0 Å². The van der Waals surface area contributed by atoms with Gasteiger partial charge in [0.2, 0.25) is 0 Å². The lowest BCUT2D eigenvalue weighted by atomic mass is 10.1. The van der Waals surface area contributed by atoms with Crippen molar-refractivity contribution in [2.75, 3.05) is 12.4 Å². The maximum atomic E-state index is 11.9. The van der Waals surface area contributed by atoms with Gasteiger partial charge in [0, 0.05) is 21.4 Å². The van der Waals surface area contributed by atoms with Crippen molar-refractivity contribution in [3.63, 3.8) is 0 Å². The largest absolute Gasteiger partial charge is 0.469 e. The van der Waals surface area contributed by atoms with Crippen LogP contribution in [0.15, 0.2) is 43.9 Å². The quantitative estimate of drug-likeness (QED) is 0.721. The molecule has 4 nitrogen and oxygen atoms in total. The van der Waals surface area contributed by atoms with Crippen LogP contribution in [0.2, 0.25) is 0 Å². The Hall–Kier alpha value is -1.27. The summed E-state index contributed by atoms with van der Waals surface area (Å²) in [6, 6.07) is 7.50. The molecule has 0 aliphatic carbocycles. The first-order valence-electron chi connectivity index (χ1n) is 6.37. The van der Waals surface area contributed by atoms with Gasteiger partial charge in [-0.15, -0.1) is 0 Å². The lowest BCUT2D eigenvalue weighted by Crippen LogP contribution is -2.20. The Balaban J connectivity index is 2.23. The molecule has 0 spiro atoms. The first-order chi connectivity index (χ1) is 10.0. The second-order valence-corrected chi connectivity index (χ2v) is 6.40. The Morgan fingerprint density at radius 1 is 1.43 bits per heavy atom. The second-order valence-electron chi connectivity index (χ2n) is 4.63. The number of benzene rings is 1. The van der Waals surface area contributed by atoms with Gasteiger partial charge in [0.1, 0.15) is 5.76 Å². The van der Waals surface area contributed by atoms with Gasteiger partial charge in [-0.3, -0.25) is 0 Å². The van der Waals surface area contributed by atoms with Crippen molar-refractivity contribution in [2.45, 2.75) is 19.4 Å². The molecular formula is C15H15Br2NO3. The number of carbonyl (C=O) groups excluding carboxylic acids is 1. The van der Waals surface area contributed by atoms with Crippen molar-refractivity contribution in [3.05, 3.63) is 50.8 Å². The predicted octanol–water partition coefficient (Wildman–Crippen LogP) is 4.63. The summed E-state index contributed by atoms with van der Waals surface area (Å²) in [6.07, 6.45) is 2.37. The van der Waals surface area contributed by atoms with Crippen LogP contribution in [-0.4, -0.2) is 19.1 Å². The highest BCUT2D eigenvalue weighted by Gasteiger charge is 2.18. The van der Waals surface area contributed by atoms with E-state index >= 15 is 0 Å². The van der Waals surface area contributed by atoms with E-state index in [0.717, 1.165) is 21.1 Å². The molecule has 0 aliphatic heterocycles. The van der Waals surface area contributed by atoms with E-state index in [2.05, 4.69) is 37.2 Å². The standard InChI is InChI=1S/C15H15Br2NO3/c1-9(6-11-4-3-5-21-11)18-14-12(15(19)20-2)7-10(16)8-13(14)17/h3-5,7-9,18H,6H2,1-2H3. The number of hydrogen-bond acceptors (Lipinski definition) is 4. The Kier molecular flexibility index (Phi) is 5.47. The monoisotopic (exact) mass is 415 g/mol. The van der Waals surface area contributed by atoms with Crippen molar-refractivity contribution in [3.8, 4) is 0 Å². The molecule has 2 aromatic rings. The fraction of sp³-hybridized carbons (Fsp3) is 0.267. The smallest absolute Gasteiger partial charge is 0.340 e. The molecule has 0 aliphatic rings. The highest BCUT2D eigenvalue weighted by atomic mass is 79.9. The molecular weight excluding hydrogens is 402 g/mol. The van der Waals surface area contributed by atoms with Crippen molar-refractivity contribution in [1.29, 1.82) is 0 Å². The van der Waals surface area contributed by atoms with Gasteiger partial charge in [0.25, 0.3) is 0 Å². The molecule has 0 saturated carbocycles. The van der Waals surface area contributed by atoms with E-state index < -0.39 is 0 Å². The third-order valence-electron chi connectivity index (χ3n) is 2.94. The SMILES string of the molecule is COC(=O)c1cc(Br)cc(Br)c1NC(C)Cc1ccco1. The highest BCUT2D eigenvalue weighted by molar-refractivity contribution is 9.11. The first-order valence-corrected chi connectivity index (χ1v) is 7.96. The molecule has 0 saturated heterocycles. The first kappa shape index (κ1) is 16.1. The third-order valence-corrected chi connectivity index (χ3v) is 4.02. The van der Waals surface area contributed by atoms with E-state index in [4.69, 9.17) is 9.15 Å². The number of furan rings is 1. The van der Waals surface area contributed by atoms with Crippen molar-refractivity contribution in [1.82, 2.24) is 0 Å². The minimum Gasteiger partial charge on any atom is -0.469 e. The van der Waals surface area contributed by atoms with Crippen molar-refractivity contribution < 1.29 is 13.9 Å². The summed E-state index contributed by atoms with van der Waals surface area (Å²) in [5.74, 6) is 0.507. The Labute approximate surface area is 140 Å². The minimum absolute atomic E-state index is 0.0945. The molecule has 1 atom stereocenters. The summed E-state index contributed by atoms with van der Waals surface area (Å²) in [7, 11) is 1.37. The summed E-state index contributed by atoms with van der Waals surface area (Å²) in [5, 5.41) is 3.33. The van der Waals surface area contributed by atoms with Crippen LogP contribution in [0, 0.1) is 0 Å². The zero-order valence-corrected chi connectivity index (χ0v) is 14.8. The van der Waals surface area contributed by atoms with E-state index in [0.29, 0.717) is 11.3 Å². The maximum Gasteiger partial charge on any atom is 0.340 e. The van der Waals surface area contributed by atoms with Crippen LogP contribution < -0.4 is 5.32 Å². The fourth-order valence-corrected chi connectivity index (χ4v) is 3.36. The molecule has 0 amide bonds. The number of carbonyl (C=O) groups is 1. The van der Waals surface area contributed by atoms with E-state index in [1.807, 2.05) is 25.1 Å². The van der Waals surface area contributed by atoms with Gasteiger partial charge in [-0.05, 0) is 47.1 Å². The Morgan fingerprint density at radius 2 is 2.19 bits per heavy atom. The van der Waals surface area contributed by atoms with Gasteiger partial charge in [0.05, 0.1) is 24.6 Å². The molecule has 0 bridgehead atoms. The fourth-order valence-electron chi connectivity index (χ4n) is 2.02. The zero-order valence-electron chi connectivity index (χ0n) is 11.7. The molecule has 112 valence electrons. The van der Waals surface area contributed by atoms with Gasteiger partial charge in [0.15, 0.2) is 0 Å². The second kappa shape index (κ2) is 7.13. The van der Waals surface area contributed by atoms with Gasteiger partial charge in [-0.1, -0.05) is 15.9 Å². The van der Waals surface area contributed by atoms with E-state index in [9.17, 15) is 4.79 Å². The topological polar surface area (TPSA) is 51.5 Å². The third kappa shape index (κ3) is 4.11. The summed E-state index contributed by atoms with van der Waals surface area (Å²) in [4.78, 5) is 11.9. The molecule has 1 heterocycles. The number of rotatable bonds is 5. The predicted molar refractivity (Wildman–Crippen MR) is 88.7 cm³/mol. The van der Waals surface area contributed by atoms with Crippen LogP contribution in [-0.2, 0) is 11.2 Å². The van der Waals surface area contributed by atoms with Crippen molar-refractivity contribution >= 4 is 43.5 Å². The van der Waals surface area contributed by atoms with Crippen LogP contribution in [0.1, 0.15) is 23.0 Å². The maximum absolute atomic E-state index is 11.9. The van der Waals surface area contributed by atoms with Crippen LogP contribution in [0.5, 0.6) is 0 Å². The number of anilines is 1. The number of halogens is 2. The molecule has 1 unspecified atom stereocenters. The number of ether oxygens (including phenoxy) is 1. The van der Waals surface area contributed by atoms with E-state index in [1.54, 1.807) is 12.3 Å². The number of nitrogens with one attached hydrogen (secondary N) is 1. The van der Waals surface area contributed by atoms with E-state index in [1.165, 1.54) is 7.11 Å².